The molecule has 1 saturated heterocycles. The summed E-state index contributed by atoms with van der Waals surface area (Å²) in [7, 11) is 0. The molecule has 1 N–H and O–H groups in total. The van der Waals surface area contributed by atoms with E-state index < -0.39 is 0 Å². The third-order valence-electron chi connectivity index (χ3n) is 2.44. The molecule has 2 fully saturated rings. The fourth-order valence-electron chi connectivity index (χ4n) is 1.63. The average molecular weight is 143 g/mol. The summed E-state index contributed by atoms with van der Waals surface area (Å²) < 4.78 is 0. The van der Waals surface area contributed by atoms with Gasteiger partial charge in [0.05, 0.1) is 0 Å². The largest absolute Gasteiger partial charge is 0.310 e. The molecule has 0 aromatic carbocycles. The van der Waals surface area contributed by atoms with Crippen LogP contribution in [-0.2, 0) is 0 Å². The van der Waals surface area contributed by atoms with Crippen LogP contribution < -0.4 is 5.32 Å². The lowest BCUT2D eigenvalue weighted by Crippen LogP contribution is -2.56. The van der Waals surface area contributed by atoms with Crippen LogP contribution in [0.2, 0.25) is 0 Å². The van der Waals surface area contributed by atoms with Crippen LogP contribution in [0.5, 0.6) is 0 Å². The van der Waals surface area contributed by atoms with Crippen molar-refractivity contribution in [1.29, 1.82) is 0 Å². The summed E-state index contributed by atoms with van der Waals surface area (Å²) in [5.74, 6) is 2.69. The van der Waals surface area contributed by atoms with Crippen molar-refractivity contribution >= 4 is 11.8 Å². The maximum absolute atomic E-state index is 3.61. The van der Waals surface area contributed by atoms with Gasteiger partial charge < -0.3 is 5.32 Å². The van der Waals surface area contributed by atoms with Crippen LogP contribution in [0.25, 0.3) is 0 Å². The van der Waals surface area contributed by atoms with Crippen molar-refractivity contribution < 1.29 is 0 Å². The third-order valence-corrected chi connectivity index (χ3v) is 3.68. The highest BCUT2D eigenvalue weighted by Gasteiger charge is 2.37. The number of thioether (sulfide) groups is 1. The van der Waals surface area contributed by atoms with Gasteiger partial charge in [0.2, 0.25) is 0 Å². The molecule has 9 heavy (non-hydrogen) atoms. The minimum atomic E-state index is 0.614. The highest BCUT2D eigenvalue weighted by Crippen LogP contribution is 2.36. The van der Waals surface area contributed by atoms with E-state index in [1.54, 1.807) is 0 Å². The van der Waals surface area contributed by atoms with Crippen LogP contribution in [0.1, 0.15) is 19.3 Å². The van der Waals surface area contributed by atoms with Gasteiger partial charge in [-0.15, -0.1) is 0 Å². The lowest BCUT2D eigenvalue weighted by molar-refractivity contribution is 0.215. The molecule has 0 atom stereocenters. The predicted octanol–water partition coefficient (Wildman–Crippen LogP) is 1.25. The summed E-state index contributed by atoms with van der Waals surface area (Å²) in [6.45, 7) is 1.24. The van der Waals surface area contributed by atoms with Gasteiger partial charge in [-0.3, -0.25) is 0 Å². The first-order valence-electron chi connectivity index (χ1n) is 3.74. The highest BCUT2D eigenvalue weighted by molar-refractivity contribution is 7.99. The molecule has 52 valence electrons. The van der Waals surface area contributed by atoms with Gasteiger partial charge in [-0.2, -0.15) is 11.8 Å². The monoisotopic (exact) mass is 143 g/mol. The minimum absolute atomic E-state index is 0.614. The molecular weight excluding hydrogens is 130 g/mol. The molecule has 1 aliphatic carbocycles. The molecule has 1 saturated carbocycles. The fourth-order valence-corrected chi connectivity index (χ4v) is 2.80. The topological polar surface area (TPSA) is 12.0 Å². The Balaban J connectivity index is 1.93. The predicted molar refractivity (Wildman–Crippen MR) is 41.9 cm³/mol. The molecule has 0 aromatic heterocycles. The van der Waals surface area contributed by atoms with E-state index in [-0.39, 0.29) is 0 Å². The van der Waals surface area contributed by atoms with E-state index in [0.717, 1.165) is 0 Å². The van der Waals surface area contributed by atoms with Crippen molar-refractivity contribution in [2.75, 3.05) is 18.1 Å². The fraction of sp³-hybridized carbons (Fsp3) is 1.00. The first-order valence-corrected chi connectivity index (χ1v) is 4.90. The summed E-state index contributed by atoms with van der Waals surface area (Å²) in [5.41, 5.74) is 0.614. The second-order valence-electron chi connectivity index (χ2n) is 3.11. The Hall–Kier alpha value is 0.310. The van der Waals surface area contributed by atoms with E-state index in [1.165, 1.54) is 37.3 Å². The first kappa shape index (κ1) is 6.05. The molecule has 1 heterocycles. The van der Waals surface area contributed by atoms with Crippen molar-refractivity contribution in [2.45, 2.75) is 24.8 Å². The van der Waals surface area contributed by atoms with Gasteiger partial charge in [-0.25, -0.2) is 0 Å². The molecule has 1 aliphatic heterocycles. The Morgan fingerprint density at radius 2 is 2.22 bits per heavy atom. The molecule has 2 rings (SSSR count). The van der Waals surface area contributed by atoms with Gasteiger partial charge in [0.1, 0.15) is 0 Å². The third kappa shape index (κ3) is 0.987. The summed E-state index contributed by atoms with van der Waals surface area (Å²) in [6.07, 6.45) is 4.31. The van der Waals surface area contributed by atoms with Gasteiger partial charge in [-0.1, -0.05) is 0 Å². The zero-order valence-corrected chi connectivity index (χ0v) is 6.47. The minimum Gasteiger partial charge on any atom is -0.310 e. The van der Waals surface area contributed by atoms with Gasteiger partial charge in [0.25, 0.3) is 0 Å². The molecule has 2 aliphatic rings. The number of hydrogen-bond acceptors (Lipinski definition) is 2. The van der Waals surface area contributed by atoms with Crippen molar-refractivity contribution in [3.05, 3.63) is 0 Å². The Morgan fingerprint density at radius 3 is 2.56 bits per heavy atom. The summed E-state index contributed by atoms with van der Waals surface area (Å²) in [4.78, 5) is 0. The Labute approximate surface area is 60.6 Å². The summed E-state index contributed by atoms with van der Waals surface area (Å²) >= 11 is 2.12. The second kappa shape index (κ2) is 2.17. The van der Waals surface area contributed by atoms with Gasteiger partial charge in [-0.05, 0) is 19.3 Å². The normalized spacial score (nSPS) is 32.0. The molecule has 1 spiro atoms. The van der Waals surface area contributed by atoms with Crippen LogP contribution in [0.4, 0.5) is 0 Å². The summed E-state index contributed by atoms with van der Waals surface area (Å²) in [6, 6.07) is 0. The smallest absolute Gasteiger partial charge is 0.0272 e. The van der Waals surface area contributed by atoms with Crippen LogP contribution in [0, 0.1) is 0 Å². The maximum Gasteiger partial charge on any atom is 0.0272 e. The first-order chi connectivity index (χ1) is 4.41. The summed E-state index contributed by atoms with van der Waals surface area (Å²) in [5, 5.41) is 3.61. The SMILES string of the molecule is C1CC2(C1)CSCCN2. The molecule has 0 aromatic rings. The number of hydrogen-bond donors (Lipinski definition) is 1. The van der Waals surface area contributed by atoms with Crippen molar-refractivity contribution in [1.82, 2.24) is 5.32 Å². The van der Waals surface area contributed by atoms with Gasteiger partial charge in [0, 0.05) is 23.6 Å². The second-order valence-corrected chi connectivity index (χ2v) is 4.22. The molecular formula is C7H13NS. The van der Waals surface area contributed by atoms with E-state index in [4.69, 9.17) is 0 Å². The van der Waals surface area contributed by atoms with Crippen LogP contribution in [0.3, 0.4) is 0 Å². The zero-order valence-electron chi connectivity index (χ0n) is 5.65. The lowest BCUT2D eigenvalue weighted by atomic mass is 9.78. The van der Waals surface area contributed by atoms with E-state index >= 15 is 0 Å². The average Bonchev–Trinajstić information content (AvgIpc) is 1.87. The van der Waals surface area contributed by atoms with Crippen LogP contribution in [-0.4, -0.2) is 23.6 Å². The van der Waals surface area contributed by atoms with Crippen molar-refractivity contribution in [3.63, 3.8) is 0 Å². The van der Waals surface area contributed by atoms with Crippen molar-refractivity contribution in [2.24, 2.45) is 0 Å². The standard InChI is InChI=1S/C7H13NS/c1-2-7(3-1)6-9-5-4-8-7/h8H,1-6H2. The van der Waals surface area contributed by atoms with Gasteiger partial charge >= 0.3 is 0 Å². The molecule has 2 heteroatoms. The Morgan fingerprint density at radius 1 is 1.33 bits per heavy atom. The van der Waals surface area contributed by atoms with Crippen LogP contribution in [0.15, 0.2) is 0 Å². The molecule has 0 amide bonds. The van der Waals surface area contributed by atoms with E-state index in [1.807, 2.05) is 0 Å². The van der Waals surface area contributed by atoms with Gasteiger partial charge in [0.15, 0.2) is 0 Å². The Kier molecular flexibility index (Phi) is 1.46. The lowest BCUT2D eigenvalue weighted by Gasteiger charge is -2.45. The zero-order chi connectivity index (χ0) is 6.16. The molecule has 1 nitrogen and oxygen atoms in total. The quantitative estimate of drug-likeness (QED) is 0.547. The maximum atomic E-state index is 3.61. The van der Waals surface area contributed by atoms with E-state index in [9.17, 15) is 0 Å². The van der Waals surface area contributed by atoms with E-state index in [2.05, 4.69) is 17.1 Å². The van der Waals surface area contributed by atoms with E-state index in [0.29, 0.717) is 5.54 Å². The van der Waals surface area contributed by atoms with Crippen LogP contribution >= 0.6 is 11.8 Å². The molecule has 0 unspecified atom stereocenters. The Bertz CT molecular complexity index is 101. The number of nitrogens with one attached hydrogen (secondary N) is 1. The molecule has 0 bridgehead atoms. The number of rotatable bonds is 0. The highest BCUT2D eigenvalue weighted by atomic mass is 32.2. The molecule has 0 radical (unpaired) electrons. The van der Waals surface area contributed by atoms with Crippen molar-refractivity contribution in [3.8, 4) is 0 Å².